The first-order valence-corrected chi connectivity index (χ1v) is 5.17. The van der Waals surface area contributed by atoms with Gasteiger partial charge < -0.3 is 5.11 Å². The van der Waals surface area contributed by atoms with E-state index in [4.69, 9.17) is 6.42 Å². The summed E-state index contributed by atoms with van der Waals surface area (Å²) >= 11 is 0. The van der Waals surface area contributed by atoms with Gasteiger partial charge in [0.2, 0.25) is 0 Å². The second-order valence-corrected chi connectivity index (χ2v) is 4.07. The molecule has 0 amide bonds. The molecule has 0 spiro atoms. The van der Waals surface area contributed by atoms with Crippen LogP contribution in [0.15, 0.2) is 24.3 Å². The summed E-state index contributed by atoms with van der Waals surface area (Å²) in [7, 11) is 0. The highest BCUT2D eigenvalue weighted by atomic mass is 16.4. The second kappa shape index (κ2) is 3.99. The highest BCUT2D eigenvalue weighted by Crippen LogP contribution is 2.30. The Morgan fingerprint density at radius 3 is 2.44 bits per heavy atom. The highest BCUT2D eigenvalue weighted by Gasteiger charge is 2.43. The number of benzene rings is 1. The fraction of sp³-hybridized carbons (Fsp3) is 0.308. The molecule has 2 N–H and O–H groups in total. The van der Waals surface area contributed by atoms with E-state index in [0.29, 0.717) is 12.8 Å². The average molecular weight is 215 g/mol. The molecular weight excluding hydrogens is 202 g/mol. The summed E-state index contributed by atoms with van der Waals surface area (Å²) in [4.78, 5) is 11.4. The first-order chi connectivity index (χ1) is 7.68. The topological polar surface area (TPSA) is 49.3 Å². The SMILES string of the molecule is C#CCNC1(C(=O)O)Cc2ccccc2C1. The van der Waals surface area contributed by atoms with Crippen molar-refractivity contribution < 1.29 is 9.90 Å². The van der Waals surface area contributed by atoms with E-state index >= 15 is 0 Å². The van der Waals surface area contributed by atoms with E-state index in [9.17, 15) is 9.90 Å². The van der Waals surface area contributed by atoms with Gasteiger partial charge in [0.05, 0.1) is 6.54 Å². The van der Waals surface area contributed by atoms with Crippen LogP contribution in [0.5, 0.6) is 0 Å². The fourth-order valence-electron chi connectivity index (χ4n) is 2.19. The Bertz CT molecular complexity index is 434. The molecule has 0 aromatic heterocycles. The lowest BCUT2D eigenvalue weighted by Crippen LogP contribution is -2.53. The van der Waals surface area contributed by atoms with Crippen LogP contribution in [0.25, 0.3) is 0 Å². The Labute approximate surface area is 94.5 Å². The van der Waals surface area contributed by atoms with Gasteiger partial charge in [0.1, 0.15) is 5.54 Å². The van der Waals surface area contributed by atoms with Gasteiger partial charge in [-0.15, -0.1) is 6.42 Å². The summed E-state index contributed by atoms with van der Waals surface area (Å²) in [6.07, 6.45) is 6.17. The number of carbonyl (C=O) groups is 1. The molecule has 0 aliphatic heterocycles. The normalized spacial score (nSPS) is 16.4. The maximum absolute atomic E-state index is 11.4. The third-order valence-corrected chi connectivity index (χ3v) is 3.04. The lowest BCUT2D eigenvalue weighted by Gasteiger charge is -2.24. The minimum Gasteiger partial charge on any atom is -0.480 e. The molecule has 0 bridgehead atoms. The summed E-state index contributed by atoms with van der Waals surface area (Å²) in [6.45, 7) is 0.278. The maximum Gasteiger partial charge on any atom is 0.324 e. The van der Waals surface area contributed by atoms with Gasteiger partial charge >= 0.3 is 5.97 Å². The fourth-order valence-corrected chi connectivity index (χ4v) is 2.19. The minimum absolute atomic E-state index is 0.278. The van der Waals surface area contributed by atoms with Crippen molar-refractivity contribution in [2.45, 2.75) is 18.4 Å². The van der Waals surface area contributed by atoms with Crippen molar-refractivity contribution in [2.24, 2.45) is 0 Å². The number of hydrogen-bond acceptors (Lipinski definition) is 2. The Morgan fingerprint density at radius 2 is 2.00 bits per heavy atom. The average Bonchev–Trinajstić information content (AvgIpc) is 2.66. The first kappa shape index (κ1) is 10.7. The molecule has 1 aliphatic rings. The summed E-state index contributed by atoms with van der Waals surface area (Å²) < 4.78 is 0. The summed E-state index contributed by atoms with van der Waals surface area (Å²) in [5, 5.41) is 12.3. The zero-order valence-corrected chi connectivity index (χ0v) is 8.86. The molecule has 16 heavy (non-hydrogen) atoms. The van der Waals surface area contributed by atoms with E-state index < -0.39 is 11.5 Å². The number of rotatable bonds is 3. The molecule has 0 fully saturated rings. The maximum atomic E-state index is 11.4. The Morgan fingerprint density at radius 1 is 1.44 bits per heavy atom. The van der Waals surface area contributed by atoms with E-state index in [-0.39, 0.29) is 6.54 Å². The number of terminal acetylenes is 1. The van der Waals surface area contributed by atoms with Gasteiger partial charge in [-0.1, -0.05) is 30.2 Å². The lowest BCUT2D eigenvalue weighted by atomic mass is 9.96. The molecule has 1 aromatic carbocycles. The van der Waals surface area contributed by atoms with Crippen LogP contribution in [0.1, 0.15) is 11.1 Å². The predicted molar refractivity (Wildman–Crippen MR) is 61.1 cm³/mol. The van der Waals surface area contributed by atoms with Gasteiger partial charge in [0.25, 0.3) is 0 Å². The molecule has 82 valence electrons. The van der Waals surface area contributed by atoms with Gasteiger partial charge in [-0.3, -0.25) is 10.1 Å². The molecule has 3 heteroatoms. The number of aliphatic carboxylic acids is 1. The summed E-state index contributed by atoms with van der Waals surface area (Å²) in [5.41, 5.74) is 1.26. The zero-order valence-electron chi connectivity index (χ0n) is 8.86. The number of carboxylic acids is 1. The molecule has 0 saturated carbocycles. The van der Waals surface area contributed by atoms with Crippen molar-refractivity contribution in [3.8, 4) is 12.3 Å². The largest absolute Gasteiger partial charge is 0.480 e. The van der Waals surface area contributed by atoms with Crippen LogP contribution < -0.4 is 5.32 Å². The Kier molecular flexibility index (Phi) is 2.67. The van der Waals surface area contributed by atoms with Crippen LogP contribution >= 0.6 is 0 Å². The van der Waals surface area contributed by atoms with E-state index in [1.54, 1.807) is 0 Å². The first-order valence-electron chi connectivity index (χ1n) is 5.17. The number of fused-ring (bicyclic) bond motifs is 1. The molecule has 0 unspecified atom stereocenters. The minimum atomic E-state index is -0.921. The van der Waals surface area contributed by atoms with E-state index in [1.165, 1.54) is 0 Å². The van der Waals surface area contributed by atoms with Crippen LogP contribution in [0.4, 0.5) is 0 Å². The van der Waals surface area contributed by atoms with E-state index in [2.05, 4.69) is 11.2 Å². The molecular formula is C13H13NO2. The van der Waals surface area contributed by atoms with Gasteiger partial charge in [0, 0.05) is 12.8 Å². The molecule has 0 saturated heterocycles. The summed E-state index contributed by atoms with van der Waals surface area (Å²) in [5.74, 6) is 1.59. The molecule has 0 radical (unpaired) electrons. The highest BCUT2D eigenvalue weighted by molar-refractivity contribution is 5.81. The summed E-state index contributed by atoms with van der Waals surface area (Å²) in [6, 6.07) is 7.80. The predicted octanol–water partition coefficient (Wildman–Crippen LogP) is 0.831. The number of nitrogens with one attached hydrogen (secondary N) is 1. The van der Waals surface area contributed by atoms with Crippen molar-refractivity contribution in [3.63, 3.8) is 0 Å². The smallest absolute Gasteiger partial charge is 0.324 e. The third-order valence-electron chi connectivity index (χ3n) is 3.04. The van der Waals surface area contributed by atoms with E-state index in [1.807, 2.05) is 24.3 Å². The van der Waals surface area contributed by atoms with Gasteiger partial charge in [-0.25, -0.2) is 0 Å². The number of carboxylic acid groups (broad SMARTS) is 1. The van der Waals surface area contributed by atoms with Gasteiger partial charge in [-0.2, -0.15) is 0 Å². The molecule has 3 nitrogen and oxygen atoms in total. The van der Waals surface area contributed by atoms with E-state index in [0.717, 1.165) is 11.1 Å². The van der Waals surface area contributed by atoms with Crippen molar-refractivity contribution >= 4 is 5.97 Å². The molecule has 1 aromatic rings. The Hall–Kier alpha value is -1.79. The second-order valence-electron chi connectivity index (χ2n) is 4.07. The van der Waals surface area contributed by atoms with Crippen molar-refractivity contribution in [1.29, 1.82) is 0 Å². The van der Waals surface area contributed by atoms with Crippen LogP contribution in [0.2, 0.25) is 0 Å². The molecule has 0 atom stereocenters. The zero-order chi connectivity index (χ0) is 11.6. The van der Waals surface area contributed by atoms with Crippen molar-refractivity contribution in [1.82, 2.24) is 5.32 Å². The third kappa shape index (κ3) is 1.68. The van der Waals surface area contributed by atoms with Crippen LogP contribution in [-0.4, -0.2) is 23.2 Å². The number of hydrogen-bond donors (Lipinski definition) is 2. The van der Waals surface area contributed by atoms with Gasteiger partial charge in [0.15, 0.2) is 0 Å². The molecule has 2 rings (SSSR count). The molecule has 1 aliphatic carbocycles. The Balaban J connectivity index is 2.28. The van der Waals surface area contributed by atoms with Crippen LogP contribution in [-0.2, 0) is 17.6 Å². The van der Waals surface area contributed by atoms with Gasteiger partial charge in [-0.05, 0) is 11.1 Å². The quantitative estimate of drug-likeness (QED) is 0.734. The molecule has 0 heterocycles. The van der Waals surface area contributed by atoms with Crippen molar-refractivity contribution in [2.75, 3.05) is 6.54 Å². The van der Waals surface area contributed by atoms with Crippen molar-refractivity contribution in [3.05, 3.63) is 35.4 Å². The van der Waals surface area contributed by atoms with Crippen LogP contribution in [0, 0.1) is 12.3 Å². The lowest BCUT2D eigenvalue weighted by molar-refractivity contribution is -0.144. The monoisotopic (exact) mass is 215 g/mol. The van der Waals surface area contributed by atoms with Crippen LogP contribution in [0.3, 0.4) is 0 Å². The standard InChI is InChI=1S/C13H13NO2/c1-2-7-14-13(12(15)16)8-10-5-3-4-6-11(10)9-13/h1,3-6,14H,7-9H2,(H,15,16).